The Morgan fingerprint density at radius 3 is 2.21 bits per heavy atom. The normalized spacial score (nSPS) is 14.8. The van der Waals surface area contributed by atoms with Gasteiger partial charge in [-0.05, 0) is 67.6 Å². The van der Waals surface area contributed by atoms with Gasteiger partial charge < -0.3 is 20.0 Å². The number of nitrogens with zero attached hydrogens (tertiary/aromatic N) is 5. The minimum Gasteiger partial charge on any atom is -0.464 e. The van der Waals surface area contributed by atoms with Gasteiger partial charge in [0.05, 0.1) is 17.4 Å². The second kappa shape index (κ2) is 13.1. The number of benzene rings is 1. The van der Waals surface area contributed by atoms with Crippen LogP contribution in [0, 0.1) is 5.92 Å². The van der Waals surface area contributed by atoms with Crippen molar-refractivity contribution < 1.29 is 30.8 Å². The highest BCUT2D eigenvalue weighted by Crippen LogP contribution is 2.37. The number of furan rings is 1. The predicted molar refractivity (Wildman–Crippen MR) is 151 cm³/mol. The SMILES string of the molecule is CCN(CC1CCCC1)c1ncc(-c2ccco2)cc1CN(Cc1cc(C(F)(F)F)cc(C(F)(F)F)c1)/C(N)=N/N(C)N. The van der Waals surface area contributed by atoms with Crippen LogP contribution in [0.1, 0.15) is 54.9 Å². The molecule has 0 bridgehead atoms. The molecule has 4 rings (SSSR count). The van der Waals surface area contributed by atoms with E-state index >= 15 is 0 Å². The van der Waals surface area contributed by atoms with Gasteiger partial charge >= 0.3 is 12.4 Å². The van der Waals surface area contributed by atoms with Gasteiger partial charge in [0.25, 0.3) is 0 Å². The number of alkyl halides is 6. The standard InChI is InChI=1S/C29H35F6N7O/c1-3-41(16-19-7-4-5-8-19)26-22(13-21(15-38-26)25-9-6-10-43-25)18-42(27(36)39-40(2)37)17-20-11-23(28(30,31)32)14-24(12-20)29(33,34)35/h6,9-15,19H,3-5,7-8,16-18,37H2,1-2H3,(H2,36,39). The number of hydrogen-bond acceptors (Lipinski definition) is 6. The minimum absolute atomic E-state index is 0.0428. The largest absolute Gasteiger partial charge is 0.464 e. The number of aromatic nitrogens is 1. The third kappa shape index (κ3) is 8.33. The highest BCUT2D eigenvalue weighted by atomic mass is 19.4. The average Bonchev–Trinajstić information content (AvgIpc) is 3.65. The van der Waals surface area contributed by atoms with Gasteiger partial charge in [0.15, 0.2) is 0 Å². The van der Waals surface area contributed by atoms with Crippen molar-refractivity contribution in [3.05, 3.63) is 71.1 Å². The Morgan fingerprint density at radius 2 is 1.67 bits per heavy atom. The van der Waals surface area contributed by atoms with Crippen LogP contribution in [0.3, 0.4) is 0 Å². The molecule has 234 valence electrons. The van der Waals surface area contributed by atoms with E-state index in [4.69, 9.17) is 21.0 Å². The lowest BCUT2D eigenvalue weighted by Gasteiger charge is -2.30. The third-order valence-electron chi connectivity index (χ3n) is 7.35. The molecule has 0 atom stereocenters. The van der Waals surface area contributed by atoms with Crippen LogP contribution in [0.4, 0.5) is 32.2 Å². The Labute approximate surface area is 245 Å². The maximum atomic E-state index is 13.6. The Bertz CT molecular complexity index is 1350. The van der Waals surface area contributed by atoms with Crippen molar-refractivity contribution in [3.63, 3.8) is 0 Å². The van der Waals surface area contributed by atoms with E-state index in [1.54, 1.807) is 18.3 Å². The first-order valence-electron chi connectivity index (χ1n) is 13.9. The number of nitrogens with two attached hydrogens (primary N) is 2. The van der Waals surface area contributed by atoms with E-state index in [2.05, 4.69) is 10.0 Å². The minimum atomic E-state index is -4.99. The quantitative estimate of drug-likeness (QED) is 0.0896. The third-order valence-corrected chi connectivity index (χ3v) is 7.35. The molecule has 1 aliphatic rings. The number of anilines is 1. The molecule has 1 aliphatic carbocycles. The van der Waals surface area contributed by atoms with Gasteiger partial charge in [-0.15, -0.1) is 5.10 Å². The number of hydrazine groups is 1. The van der Waals surface area contributed by atoms with Crippen molar-refractivity contribution in [2.75, 3.05) is 25.0 Å². The van der Waals surface area contributed by atoms with Gasteiger partial charge in [-0.3, -0.25) is 0 Å². The molecule has 1 fully saturated rings. The van der Waals surface area contributed by atoms with Crippen molar-refractivity contribution in [1.29, 1.82) is 0 Å². The summed E-state index contributed by atoms with van der Waals surface area (Å²) in [6.45, 7) is 2.93. The van der Waals surface area contributed by atoms with E-state index in [1.165, 1.54) is 18.2 Å². The highest BCUT2D eigenvalue weighted by Gasteiger charge is 2.37. The van der Waals surface area contributed by atoms with Crippen LogP contribution in [0.25, 0.3) is 11.3 Å². The number of pyridine rings is 1. The number of halogens is 6. The molecule has 8 nitrogen and oxygen atoms in total. The van der Waals surface area contributed by atoms with Crippen LogP contribution in [0.15, 0.2) is 58.4 Å². The van der Waals surface area contributed by atoms with Gasteiger partial charge in [0.1, 0.15) is 11.6 Å². The fourth-order valence-corrected chi connectivity index (χ4v) is 5.33. The molecule has 0 aliphatic heterocycles. The molecule has 0 saturated heterocycles. The van der Waals surface area contributed by atoms with Crippen LogP contribution in [0.2, 0.25) is 0 Å². The molecule has 0 spiro atoms. The van der Waals surface area contributed by atoms with E-state index in [0.29, 0.717) is 47.3 Å². The fourth-order valence-electron chi connectivity index (χ4n) is 5.33. The molecule has 3 aromatic rings. The summed E-state index contributed by atoms with van der Waals surface area (Å²) in [5, 5.41) is 4.91. The Kier molecular flexibility index (Phi) is 9.78. The van der Waals surface area contributed by atoms with E-state index in [1.807, 2.05) is 13.0 Å². The lowest BCUT2D eigenvalue weighted by molar-refractivity contribution is -0.143. The van der Waals surface area contributed by atoms with Crippen LogP contribution in [-0.2, 0) is 25.4 Å². The van der Waals surface area contributed by atoms with Crippen molar-refractivity contribution in [2.24, 2.45) is 22.6 Å². The van der Waals surface area contributed by atoms with Crippen molar-refractivity contribution >= 4 is 11.8 Å². The average molecular weight is 612 g/mol. The van der Waals surface area contributed by atoms with Crippen molar-refractivity contribution in [1.82, 2.24) is 15.0 Å². The van der Waals surface area contributed by atoms with Crippen LogP contribution >= 0.6 is 0 Å². The molecule has 1 saturated carbocycles. The highest BCUT2D eigenvalue weighted by molar-refractivity contribution is 5.78. The lowest BCUT2D eigenvalue weighted by atomic mass is 10.0. The molecule has 0 unspecified atom stereocenters. The van der Waals surface area contributed by atoms with Crippen LogP contribution in [0.5, 0.6) is 0 Å². The van der Waals surface area contributed by atoms with Gasteiger partial charge in [0, 0.05) is 50.6 Å². The monoisotopic (exact) mass is 611 g/mol. The van der Waals surface area contributed by atoms with E-state index < -0.39 is 30.0 Å². The summed E-state index contributed by atoms with van der Waals surface area (Å²) in [6, 6.07) is 6.77. The second-order valence-electron chi connectivity index (χ2n) is 10.7. The van der Waals surface area contributed by atoms with Gasteiger partial charge in [-0.25, -0.2) is 15.9 Å². The van der Waals surface area contributed by atoms with Crippen LogP contribution < -0.4 is 16.5 Å². The molecule has 2 heterocycles. The molecular formula is C29H35F6N7O. The number of hydrogen-bond donors (Lipinski definition) is 2. The van der Waals surface area contributed by atoms with Crippen LogP contribution in [-0.4, -0.2) is 41.1 Å². The number of guanidine groups is 1. The molecule has 14 heteroatoms. The topological polar surface area (TPSA) is 100 Å². The van der Waals surface area contributed by atoms with E-state index in [0.717, 1.165) is 37.3 Å². The first kappa shape index (κ1) is 32.0. The summed E-state index contributed by atoms with van der Waals surface area (Å²) in [4.78, 5) is 8.25. The molecular weight excluding hydrogens is 576 g/mol. The molecule has 0 radical (unpaired) electrons. The zero-order valence-electron chi connectivity index (χ0n) is 23.9. The molecule has 0 amide bonds. The van der Waals surface area contributed by atoms with Gasteiger partial charge in [-0.2, -0.15) is 26.3 Å². The van der Waals surface area contributed by atoms with Crippen molar-refractivity contribution in [2.45, 2.75) is 58.0 Å². The lowest BCUT2D eigenvalue weighted by Crippen LogP contribution is -2.40. The van der Waals surface area contributed by atoms with Gasteiger partial charge in [-0.1, -0.05) is 12.8 Å². The summed E-state index contributed by atoms with van der Waals surface area (Å²) in [7, 11) is 1.39. The molecule has 43 heavy (non-hydrogen) atoms. The summed E-state index contributed by atoms with van der Waals surface area (Å²) in [5.41, 5.74) is 4.43. The predicted octanol–water partition coefficient (Wildman–Crippen LogP) is 6.43. The van der Waals surface area contributed by atoms with E-state index in [-0.39, 0.29) is 24.1 Å². The Hall–Kier alpha value is -3.94. The summed E-state index contributed by atoms with van der Waals surface area (Å²) < 4.78 is 87.2. The Balaban J connectivity index is 1.78. The number of rotatable bonds is 10. The summed E-state index contributed by atoms with van der Waals surface area (Å²) in [5.74, 6) is 7.12. The maximum absolute atomic E-state index is 13.6. The first-order chi connectivity index (χ1) is 20.2. The first-order valence-corrected chi connectivity index (χ1v) is 13.9. The Morgan fingerprint density at radius 1 is 1.02 bits per heavy atom. The molecule has 4 N–H and O–H groups in total. The second-order valence-corrected chi connectivity index (χ2v) is 10.7. The molecule has 1 aromatic carbocycles. The van der Waals surface area contributed by atoms with E-state index in [9.17, 15) is 26.3 Å². The van der Waals surface area contributed by atoms with Gasteiger partial charge in [0.2, 0.25) is 5.96 Å². The smallest absolute Gasteiger partial charge is 0.416 e. The molecule has 2 aromatic heterocycles. The fraction of sp³-hybridized carbons (Fsp3) is 0.448. The summed E-state index contributed by atoms with van der Waals surface area (Å²) in [6.07, 6.45) is -2.28. The maximum Gasteiger partial charge on any atom is 0.416 e. The number of hydrazone groups is 1. The summed E-state index contributed by atoms with van der Waals surface area (Å²) >= 11 is 0. The zero-order chi connectivity index (χ0) is 31.4. The zero-order valence-corrected chi connectivity index (χ0v) is 23.9. The van der Waals surface area contributed by atoms with Crippen molar-refractivity contribution in [3.8, 4) is 11.3 Å².